The van der Waals surface area contributed by atoms with Gasteiger partial charge in [-0.3, -0.25) is 14.4 Å². The molecule has 1 heterocycles. The van der Waals surface area contributed by atoms with Crippen LogP contribution >= 0.6 is 0 Å². The SMILES string of the molecule is NCC(=O)NCC(=O)N[C@@H](Cc1cnc[nH]1)C(=O)Nc1ccc(S(N)(=O)=O)cc1. The van der Waals surface area contributed by atoms with Gasteiger partial charge in [-0.05, 0) is 24.3 Å². The number of amides is 3. The van der Waals surface area contributed by atoms with Crippen molar-refractivity contribution in [3.63, 3.8) is 0 Å². The number of hydrogen-bond donors (Lipinski definition) is 6. The highest BCUT2D eigenvalue weighted by Gasteiger charge is 2.22. The van der Waals surface area contributed by atoms with Crippen molar-refractivity contribution < 1.29 is 22.8 Å². The molecule has 0 aliphatic carbocycles. The fraction of sp³-hybridized carbons (Fsp3) is 0.250. The van der Waals surface area contributed by atoms with Crippen molar-refractivity contribution in [1.29, 1.82) is 0 Å². The van der Waals surface area contributed by atoms with Crippen LogP contribution in [0.4, 0.5) is 5.69 Å². The molecule has 1 aromatic carbocycles. The normalized spacial score (nSPS) is 12.1. The molecule has 1 atom stereocenters. The minimum absolute atomic E-state index is 0.103. The van der Waals surface area contributed by atoms with Crippen molar-refractivity contribution in [2.75, 3.05) is 18.4 Å². The molecule has 8 N–H and O–H groups in total. The molecule has 2 aromatic rings. The topological polar surface area (TPSA) is 202 Å². The molecule has 0 aliphatic heterocycles. The predicted molar refractivity (Wildman–Crippen MR) is 103 cm³/mol. The van der Waals surface area contributed by atoms with Crippen LogP contribution in [0, 0.1) is 0 Å². The highest BCUT2D eigenvalue weighted by atomic mass is 32.2. The third-order valence-corrected chi connectivity index (χ3v) is 4.64. The smallest absolute Gasteiger partial charge is 0.247 e. The second kappa shape index (κ2) is 9.77. The highest BCUT2D eigenvalue weighted by Crippen LogP contribution is 2.13. The second-order valence-corrected chi connectivity index (χ2v) is 7.50. The molecule has 13 heteroatoms. The lowest BCUT2D eigenvalue weighted by Crippen LogP contribution is -2.49. The first-order chi connectivity index (χ1) is 13.7. The monoisotopic (exact) mass is 423 g/mol. The van der Waals surface area contributed by atoms with E-state index in [2.05, 4.69) is 25.9 Å². The van der Waals surface area contributed by atoms with Gasteiger partial charge in [-0.15, -0.1) is 0 Å². The molecule has 3 amide bonds. The average Bonchev–Trinajstić information content (AvgIpc) is 3.18. The fourth-order valence-corrected chi connectivity index (χ4v) is 2.79. The molecule has 0 saturated heterocycles. The number of rotatable bonds is 9. The Hall–Kier alpha value is -3.29. The van der Waals surface area contributed by atoms with E-state index in [1.165, 1.54) is 36.8 Å². The van der Waals surface area contributed by atoms with Gasteiger partial charge in [0.1, 0.15) is 6.04 Å². The van der Waals surface area contributed by atoms with Crippen LogP contribution in [-0.2, 0) is 30.8 Å². The van der Waals surface area contributed by atoms with E-state index in [9.17, 15) is 22.8 Å². The van der Waals surface area contributed by atoms with Gasteiger partial charge in [0.15, 0.2) is 0 Å². The zero-order chi connectivity index (χ0) is 21.4. The summed E-state index contributed by atoms with van der Waals surface area (Å²) in [6, 6.07) is 4.24. The summed E-state index contributed by atoms with van der Waals surface area (Å²) in [6.45, 7) is -0.605. The van der Waals surface area contributed by atoms with Crippen molar-refractivity contribution in [2.24, 2.45) is 10.9 Å². The molecule has 12 nitrogen and oxygen atoms in total. The van der Waals surface area contributed by atoms with Gasteiger partial charge in [0.25, 0.3) is 0 Å². The summed E-state index contributed by atoms with van der Waals surface area (Å²) in [5, 5.41) is 12.4. The van der Waals surface area contributed by atoms with E-state index in [-0.39, 0.29) is 24.4 Å². The molecule has 1 aromatic heterocycles. The van der Waals surface area contributed by atoms with Gasteiger partial charge >= 0.3 is 0 Å². The van der Waals surface area contributed by atoms with Crippen LogP contribution in [-0.4, -0.2) is 55.2 Å². The fourth-order valence-electron chi connectivity index (χ4n) is 2.28. The van der Waals surface area contributed by atoms with Gasteiger partial charge in [0.2, 0.25) is 27.7 Å². The first kappa shape index (κ1) is 22.0. The van der Waals surface area contributed by atoms with E-state index in [0.717, 1.165) is 0 Å². The Morgan fingerprint density at radius 2 is 1.83 bits per heavy atom. The first-order valence-electron chi connectivity index (χ1n) is 8.36. The number of carbonyl (C=O) groups is 3. The van der Waals surface area contributed by atoms with Crippen molar-refractivity contribution in [1.82, 2.24) is 20.6 Å². The Morgan fingerprint density at radius 3 is 2.38 bits per heavy atom. The first-order valence-corrected chi connectivity index (χ1v) is 9.91. The Bertz CT molecular complexity index is 958. The number of benzene rings is 1. The molecule has 0 radical (unpaired) electrons. The van der Waals surface area contributed by atoms with Crippen molar-refractivity contribution in [2.45, 2.75) is 17.4 Å². The quantitative estimate of drug-likeness (QED) is 0.262. The van der Waals surface area contributed by atoms with E-state index in [0.29, 0.717) is 11.4 Å². The predicted octanol–water partition coefficient (Wildman–Crippen LogP) is -2.20. The van der Waals surface area contributed by atoms with E-state index in [1.807, 2.05) is 0 Å². The lowest BCUT2D eigenvalue weighted by molar-refractivity contribution is -0.127. The number of carbonyl (C=O) groups excluding carboxylic acids is 3. The zero-order valence-electron chi connectivity index (χ0n) is 15.2. The number of hydrogen-bond acceptors (Lipinski definition) is 7. The van der Waals surface area contributed by atoms with Crippen LogP contribution < -0.4 is 26.8 Å². The second-order valence-electron chi connectivity index (χ2n) is 5.94. The number of nitrogens with two attached hydrogens (primary N) is 2. The molecule has 0 unspecified atom stereocenters. The van der Waals surface area contributed by atoms with Crippen molar-refractivity contribution >= 4 is 33.4 Å². The molecule has 0 bridgehead atoms. The average molecular weight is 423 g/mol. The molecular formula is C16H21N7O5S. The summed E-state index contributed by atoms with van der Waals surface area (Å²) >= 11 is 0. The number of nitrogens with zero attached hydrogens (tertiary/aromatic N) is 1. The number of nitrogens with one attached hydrogen (secondary N) is 4. The van der Waals surface area contributed by atoms with E-state index in [1.54, 1.807) is 0 Å². The van der Waals surface area contributed by atoms with Crippen molar-refractivity contribution in [3.05, 3.63) is 42.5 Å². The number of anilines is 1. The standard InChI is InChI=1S/C16H21N7O5S/c17-6-14(24)20-8-15(25)23-13(5-11-7-19-9-21-11)16(26)22-10-1-3-12(4-2-10)29(18,27)28/h1-4,7,9,13H,5-6,8,17H2,(H,19,21)(H,20,24)(H,22,26)(H,23,25)(H2,18,27,28)/t13-/m0/s1. The van der Waals surface area contributed by atoms with E-state index >= 15 is 0 Å². The Balaban J connectivity index is 2.07. The molecular weight excluding hydrogens is 402 g/mol. The Labute approximate surface area is 166 Å². The highest BCUT2D eigenvalue weighted by molar-refractivity contribution is 7.89. The van der Waals surface area contributed by atoms with Crippen LogP contribution in [0.5, 0.6) is 0 Å². The molecule has 29 heavy (non-hydrogen) atoms. The lowest BCUT2D eigenvalue weighted by atomic mass is 10.1. The maximum absolute atomic E-state index is 12.6. The van der Waals surface area contributed by atoms with Crippen LogP contribution in [0.1, 0.15) is 5.69 Å². The largest absolute Gasteiger partial charge is 0.348 e. The van der Waals surface area contributed by atoms with Crippen molar-refractivity contribution in [3.8, 4) is 0 Å². The maximum Gasteiger partial charge on any atom is 0.247 e. The molecule has 156 valence electrons. The van der Waals surface area contributed by atoms with Crippen LogP contribution in [0.2, 0.25) is 0 Å². The van der Waals surface area contributed by atoms with Crippen LogP contribution in [0.15, 0.2) is 41.7 Å². The maximum atomic E-state index is 12.6. The molecule has 0 aliphatic rings. The number of H-pyrrole nitrogens is 1. The molecule has 0 fully saturated rings. The summed E-state index contributed by atoms with van der Waals surface area (Å²) in [7, 11) is -3.85. The Kier molecular flexibility index (Phi) is 7.41. The van der Waals surface area contributed by atoms with E-state index in [4.69, 9.17) is 10.9 Å². The lowest BCUT2D eigenvalue weighted by Gasteiger charge is -2.18. The minimum atomic E-state index is -3.85. The number of sulfonamides is 1. The van der Waals surface area contributed by atoms with Gasteiger partial charge < -0.3 is 26.7 Å². The number of primary sulfonamides is 1. The van der Waals surface area contributed by atoms with Gasteiger partial charge in [-0.2, -0.15) is 0 Å². The van der Waals surface area contributed by atoms with Gasteiger partial charge in [-0.1, -0.05) is 0 Å². The van der Waals surface area contributed by atoms with Crippen LogP contribution in [0.3, 0.4) is 0 Å². The summed E-state index contributed by atoms with van der Waals surface area (Å²) < 4.78 is 22.6. The Morgan fingerprint density at radius 1 is 1.14 bits per heavy atom. The van der Waals surface area contributed by atoms with Gasteiger partial charge in [-0.25, -0.2) is 18.5 Å². The zero-order valence-corrected chi connectivity index (χ0v) is 16.0. The third-order valence-electron chi connectivity index (χ3n) is 3.71. The summed E-state index contributed by atoms with van der Waals surface area (Å²) in [5.41, 5.74) is 6.06. The van der Waals surface area contributed by atoms with E-state index < -0.39 is 33.8 Å². The number of aromatic nitrogens is 2. The number of imidazole rings is 1. The minimum Gasteiger partial charge on any atom is -0.348 e. The third kappa shape index (κ3) is 6.99. The number of aromatic amines is 1. The molecule has 0 spiro atoms. The van der Waals surface area contributed by atoms with Gasteiger partial charge in [0.05, 0.1) is 24.3 Å². The summed E-state index contributed by atoms with van der Waals surface area (Å²) in [5.74, 6) is -1.65. The molecule has 0 saturated carbocycles. The van der Waals surface area contributed by atoms with Gasteiger partial charge in [0, 0.05) is 24.0 Å². The summed E-state index contributed by atoms with van der Waals surface area (Å²) in [6.07, 6.45) is 3.04. The molecule has 2 rings (SSSR count). The van der Waals surface area contributed by atoms with Crippen LogP contribution in [0.25, 0.3) is 0 Å². The summed E-state index contributed by atoms with van der Waals surface area (Å²) in [4.78, 5) is 42.5.